The van der Waals surface area contributed by atoms with Crippen LogP contribution in [0.15, 0.2) is 327 Å². The lowest BCUT2D eigenvalue weighted by molar-refractivity contribution is 0.462. The van der Waals surface area contributed by atoms with E-state index in [0.717, 1.165) is 101 Å². The van der Waals surface area contributed by atoms with Crippen molar-refractivity contribution in [3.05, 3.63) is 393 Å². The molecule has 0 fully saturated rings. The summed E-state index contributed by atoms with van der Waals surface area (Å²) < 4.78 is 2.34. The zero-order valence-corrected chi connectivity index (χ0v) is 80.1. The predicted octanol–water partition coefficient (Wildman–Crippen LogP) is 35.4. The van der Waals surface area contributed by atoms with Crippen molar-refractivity contribution in [2.45, 2.75) is 180 Å². The molecule has 1 atom stereocenters. The lowest BCUT2D eigenvalue weighted by Crippen LogP contribution is -2.17. The molecule has 15 aromatic carbocycles. The molecule has 0 saturated heterocycles. The van der Waals surface area contributed by atoms with E-state index in [4.69, 9.17) is 9.97 Å². The van der Waals surface area contributed by atoms with E-state index in [1.807, 2.05) is 0 Å². The van der Waals surface area contributed by atoms with Gasteiger partial charge in [0.05, 0.1) is 22.4 Å². The highest BCUT2D eigenvalue weighted by Crippen LogP contribution is 2.53. The quantitative estimate of drug-likeness (QED) is 0.109. The van der Waals surface area contributed by atoms with Crippen LogP contribution >= 0.6 is 0 Å². The fourth-order valence-corrected chi connectivity index (χ4v) is 21.3. The fraction of sp³-hybridized carbons (Fsp3) is 0.228. The first kappa shape index (κ1) is 86.1. The molecule has 3 nitrogen and oxygen atoms in total. The molecule has 17 aromatic rings. The summed E-state index contributed by atoms with van der Waals surface area (Å²) in [7, 11) is 0. The van der Waals surface area contributed by atoms with E-state index >= 15 is 0 Å². The average molecular weight is 1690 g/mol. The topological polar surface area (TPSA) is 30.7 Å². The molecule has 3 heteroatoms. The summed E-state index contributed by atoms with van der Waals surface area (Å²) in [6, 6.07) is 118. The minimum absolute atomic E-state index is 0.0287. The Labute approximate surface area is 772 Å². The van der Waals surface area contributed by atoms with Crippen LogP contribution in [0.2, 0.25) is 0 Å². The molecule has 130 heavy (non-hydrogen) atoms. The summed E-state index contributed by atoms with van der Waals surface area (Å²) in [5, 5.41) is 2.32. The predicted molar refractivity (Wildman–Crippen MR) is 558 cm³/mol. The molecule has 19 rings (SSSR count). The third-order valence-electron chi connectivity index (χ3n) is 28.3. The summed E-state index contributed by atoms with van der Waals surface area (Å²) >= 11 is 0. The van der Waals surface area contributed by atoms with Crippen molar-refractivity contribution >= 4 is 27.4 Å². The SMILES string of the molecule is CC1=C(c2cccc(-c3cc(-c4cccc(-c5cccc(-c6cc(-c7cccc(-c8cc(-c9cccc(-c%10c(C)cc(C(C)(C)C)cc%10C)c9)cc(-c9cccc(-c%10c(C)cc(C(C)(C)C)cc%10C)c9)c8)c7)nc(-n7c8ccccc8c8cc9c(cc87)C(C)(C)c7ccccc7-9)n6)c5)c4)cc(-c4cccc(-c5c(C)cc(C(C)(C)C)cc5C)c4)c3)c2)C(C)CC(C(C)(C)C)=C1. The molecule has 0 bridgehead atoms. The molecular formula is C127H121N3. The molecule has 0 radical (unpaired) electrons. The van der Waals surface area contributed by atoms with Crippen molar-refractivity contribution in [1.29, 1.82) is 0 Å². The molecule has 2 aliphatic carbocycles. The zero-order chi connectivity index (χ0) is 91.1. The van der Waals surface area contributed by atoms with Gasteiger partial charge in [0.15, 0.2) is 0 Å². The number of benzene rings is 15. The number of rotatable bonds is 14. The molecule has 1 unspecified atom stereocenters. The van der Waals surface area contributed by atoms with Gasteiger partial charge in [-0.1, -0.05) is 322 Å². The molecule has 2 aromatic heterocycles. The van der Waals surface area contributed by atoms with E-state index in [0.29, 0.717) is 11.9 Å². The van der Waals surface area contributed by atoms with Crippen LogP contribution in [0.4, 0.5) is 0 Å². The Morgan fingerprint density at radius 2 is 0.592 bits per heavy atom. The van der Waals surface area contributed by atoms with E-state index in [1.165, 1.54) is 156 Å². The van der Waals surface area contributed by atoms with Crippen LogP contribution < -0.4 is 0 Å². The highest BCUT2D eigenvalue weighted by atomic mass is 15.2. The highest BCUT2D eigenvalue weighted by Gasteiger charge is 2.37. The first-order valence-corrected chi connectivity index (χ1v) is 46.8. The highest BCUT2D eigenvalue weighted by molar-refractivity contribution is 6.12. The number of para-hydroxylation sites is 1. The average Bonchev–Trinajstić information content (AvgIpc) is 1.55. The number of hydrogen-bond acceptors (Lipinski definition) is 2. The standard InChI is InChI=1S/C127H121N3/c1-76-52-104(123(9,10)11)53-77(2)118(76)94-44-30-38-88(63-94)100-67-98(68-101(71-100)89-39-31-45-95(64-89)119-78(3)54-105(55-79(119)4)124(12,13)14)86-36-27-34-84(60-86)85-35-28-42-92(61-85)114-75-115(129-122(128-114)130-116-51-26-24-49-109(116)111-73-110-108-48-23-25-50-112(108)127(21,22)113(110)74-117(111)130)93-43-29-37-87(62-93)99-69-102(90-40-32-46-96(65-90)120-80(5)56-106(57-81(120)6)125(15,16)17)72-103(70-99)91-41-33-47-97(66-91)121-82(7)58-107(59-83(121)8)126(18,19)20/h23-54,56-75,79H,55H2,1-22H3. The minimum Gasteiger partial charge on any atom is -0.278 e. The van der Waals surface area contributed by atoms with Crippen LogP contribution in [-0.4, -0.2) is 14.5 Å². The van der Waals surface area contributed by atoms with Crippen LogP contribution in [0.25, 0.3) is 178 Å². The Morgan fingerprint density at radius 3 is 0.969 bits per heavy atom. The van der Waals surface area contributed by atoms with Gasteiger partial charge in [0.25, 0.3) is 0 Å². The van der Waals surface area contributed by atoms with Crippen molar-refractivity contribution in [3.63, 3.8) is 0 Å². The van der Waals surface area contributed by atoms with E-state index in [-0.39, 0.29) is 27.1 Å². The van der Waals surface area contributed by atoms with Crippen molar-refractivity contribution in [1.82, 2.24) is 14.5 Å². The summed E-state index contributed by atoms with van der Waals surface area (Å²) in [4.78, 5) is 11.7. The first-order chi connectivity index (χ1) is 61.9. The second-order valence-corrected chi connectivity index (χ2v) is 42.4. The van der Waals surface area contributed by atoms with E-state index in [2.05, 4.69) is 472 Å². The lowest BCUT2D eigenvalue weighted by Gasteiger charge is -2.32. The van der Waals surface area contributed by atoms with Gasteiger partial charge in [-0.25, -0.2) is 9.97 Å². The summed E-state index contributed by atoms with van der Waals surface area (Å²) in [5.74, 6) is 0.992. The van der Waals surface area contributed by atoms with Gasteiger partial charge >= 0.3 is 0 Å². The largest absolute Gasteiger partial charge is 0.278 e. The maximum atomic E-state index is 5.86. The van der Waals surface area contributed by atoms with Crippen LogP contribution in [0.5, 0.6) is 0 Å². The smallest absolute Gasteiger partial charge is 0.235 e. The number of aryl methyl sites for hydroxylation is 6. The maximum Gasteiger partial charge on any atom is 0.235 e. The zero-order valence-electron chi connectivity index (χ0n) is 80.1. The number of allylic oxidation sites excluding steroid dienone is 4. The monoisotopic (exact) mass is 1690 g/mol. The molecule has 2 heterocycles. The van der Waals surface area contributed by atoms with Crippen molar-refractivity contribution in [3.8, 4) is 151 Å². The van der Waals surface area contributed by atoms with Gasteiger partial charge in [-0.3, -0.25) is 4.57 Å². The van der Waals surface area contributed by atoms with E-state index < -0.39 is 0 Å². The Kier molecular flexibility index (Phi) is 21.6. The summed E-state index contributed by atoms with van der Waals surface area (Å²) in [5.41, 5.74) is 51.8. The molecule has 0 N–H and O–H groups in total. The van der Waals surface area contributed by atoms with Crippen LogP contribution in [0.1, 0.15) is 184 Å². The summed E-state index contributed by atoms with van der Waals surface area (Å²) in [6.45, 7) is 51.0. The van der Waals surface area contributed by atoms with E-state index in [1.54, 1.807) is 0 Å². The third-order valence-corrected chi connectivity index (χ3v) is 28.3. The van der Waals surface area contributed by atoms with Crippen molar-refractivity contribution in [2.75, 3.05) is 0 Å². The molecule has 0 aliphatic heterocycles. The summed E-state index contributed by atoms with van der Waals surface area (Å²) in [6.07, 6.45) is 3.52. The van der Waals surface area contributed by atoms with Gasteiger partial charge in [-0.15, -0.1) is 0 Å². The Morgan fingerprint density at radius 1 is 0.277 bits per heavy atom. The van der Waals surface area contributed by atoms with E-state index in [9.17, 15) is 0 Å². The lowest BCUT2D eigenvalue weighted by atomic mass is 9.73. The Bertz CT molecular complexity index is 7330. The fourth-order valence-electron chi connectivity index (χ4n) is 21.3. The number of hydrogen-bond donors (Lipinski definition) is 0. The van der Waals surface area contributed by atoms with Gasteiger partial charge in [0.1, 0.15) is 0 Å². The molecule has 0 saturated carbocycles. The van der Waals surface area contributed by atoms with Gasteiger partial charge < -0.3 is 0 Å². The molecule has 0 amide bonds. The van der Waals surface area contributed by atoms with Crippen LogP contribution in [0.3, 0.4) is 0 Å². The second-order valence-electron chi connectivity index (χ2n) is 42.4. The molecular weight excluding hydrogens is 1570 g/mol. The first-order valence-electron chi connectivity index (χ1n) is 46.8. The normalized spacial score (nSPS) is 14.0. The second kappa shape index (κ2) is 32.7. The van der Waals surface area contributed by atoms with Gasteiger partial charge in [-0.2, -0.15) is 0 Å². The van der Waals surface area contributed by atoms with Crippen molar-refractivity contribution in [2.24, 2.45) is 11.3 Å². The maximum absolute atomic E-state index is 5.86. The third kappa shape index (κ3) is 16.2. The molecule has 644 valence electrons. The van der Waals surface area contributed by atoms with Crippen LogP contribution in [0, 0.1) is 52.9 Å². The molecule has 2 aliphatic rings. The van der Waals surface area contributed by atoms with Crippen LogP contribution in [-0.2, 0) is 21.7 Å². The van der Waals surface area contributed by atoms with Gasteiger partial charge in [0.2, 0.25) is 5.95 Å². The number of nitrogens with zero attached hydrogens (tertiary/aromatic N) is 3. The Hall–Kier alpha value is -13.3. The van der Waals surface area contributed by atoms with Gasteiger partial charge in [-0.05, 0) is 386 Å². The minimum atomic E-state index is -0.246. The molecule has 0 spiro atoms. The number of aromatic nitrogens is 3. The Balaban J connectivity index is 0.764. The number of fused-ring (bicyclic) bond motifs is 6. The van der Waals surface area contributed by atoms with Crippen molar-refractivity contribution < 1.29 is 0 Å². The van der Waals surface area contributed by atoms with Gasteiger partial charge in [0, 0.05) is 27.3 Å².